The van der Waals surface area contributed by atoms with Crippen molar-refractivity contribution in [1.29, 1.82) is 0 Å². The molecule has 0 saturated heterocycles. The molecule has 0 radical (unpaired) electrons. The molecule has 1 fully saturated rings. The fourth-order valence-corrected chi connectivity index (χ4v) is 1.79. The number of rotatable bonds is 9. The zero-order valence-corrected chi connectivity index (χ0v) is 11.1. The van der Waals surface area contributed by atoms with Gasteiger partial charge in [-0.15, -0.1) is 0 Å². The molecule has 0 bridgehead atoms. The number of amidine groups is 1. The van der Waals surface area contributed by atoms with Crippen LogP contribution in [0.1, 0.15) is 52.4 Å². The summed E-state index contributed by atoms with van der Waals surface area (Å²) in [6.45, 7) is 5.74. The van der Waals surface area contributed by atoms with Crippen molar-refractivity contribution in [3.63, 3.8) is 0 Å². The number of ether oxygens (including phenoxy) is 1. The molecule has 0 amide bonds. The van der Waals surface area contributed by atoms with Crippen molar-refractivity contribution in [2.45, 2.75) is 52.4 Å². The lowest BCUT2D eigenvalue weighted by atomic mass is 9.86. The highest BCUT2D eigenvalue weighted by Gasteiger charge is 2.23. The fraction of sp³-hybridized carbons (Fsp3) is 0.923. The summed E-state index contributed by atoms with van der Waals surface area (Å²) in [4.78, 5) is 0. The van der Waals surface area contributed by atoms with E-state index in [9.17, 15) is 0 Å². The van der Waals surface area contributed by atoms with Crippen LogP contribution in [0.5, 0.6) is 0 Å². The lowest BCUT2D eigenvalue weighted by Gasteiger charge is -2.22. The van der Waals surface area contributed by atoms with Gasteiger partial charge in [-0.25, -0.2) is 0 Å². The van der Waals surface area contributed by atoms with Gasteiger partial charge >= 0.3 is 0 Å². The Kier molecular flexibility index (Phi) is 5.75. The molecule has 0 unspecified atom stereocenters. The second kappa shape index (κ2) is 6.84. The standard InChI is InChI=1S/C13H26N2O2/c1-13(2,12(14)15-16)8-3-4-9-17-10-7-11-5-6-11/h11,16H,3-10H2,1-2H3,(H2,14,15). The summed E-state index contributed by atoms with van der Waals surface area (Å²) in [7, 11) is 0. The average Bonchev–Trinajstić information content (AvgIpc) is 3.10. The first-order valence-corrected chi connectivity index (χ1v) is 6.62. The molecule has 1 aliphatic rings. The van der Waals surface area contributed by atoms with E-state index in [2.05, 4.69) is 5.16 Å². The first-order valence-electron chi connectivity index (χ1n) is 6.62. The van der Waals surface area contributed by atoms with Gasteiger partial charge in [-0.05, 0) is 25.2 Å². The largest absolute Gasteiger partial charge is 0.409 e. The SMILES string of the molecule is CC(C)(CCCCOCCC1CC1)C(N)=NO. The van der Waals surface area contributed by atoms with Crippen molar-refractivity contribution < 1.29 is 9.94 Å². The van der Waals surface area contributed by atoms with Gasteiger partial charge in [-0.3, -0.25) is 0 Å². The van der Waals surface area contributed by atoms with E-state index in [0.29, 0.717) is 5.84 Å². The third-order valence-corrected chi connectivity index (χ3v) is 3.51. The van der Waals surface area contributed by atoms with Crippen molar-refractivity contribution in [3.05, 3.63) is 0 Å². The third kappa shape index (κ3) is 5.91. The Bertz CT molecular complexity index is 248. The van der Waals surface area contributed by atoms with Crippen LogP contribution in [-0.4, -0.2) is 24.3 Å². The van der Waals surface area contributed by atoms with Gasteiger partial charge in [0.25, 0.3) is 0 Å². The summed E-state index contributed by atoms with van der Waals surface area (Å²) in [6, 6.07) is 0. The molecule has 0 atom stereocenters. The molecule has 0 spiro atoms. The zero-order chi connectivity index (χ0) is 12.7. The Morgan fingerprint density at radius 1 is 1.35 bits per heavy atom. The molecule has 3 N–H and O–H groups in total. The Labute approximate surface area is 104 Å². The quantitative estimate of drug-likeness (QED) is 0.215. The molecule has 17 heavy (non-hydrogen) atoms. The third-order valence-electron chi connectivity index (χ3n) is 3.51. The lowest BCUT2D eigenvalue weighted by molar-refractivity contribution is 0.123. The van der Waals surface area contributed by atoms with Crippen LogP contribution in [0.4, 0.5) is 0 Å². The first kappa shape index (κ1) is 14.3. The van der Waals surface area contributed by atoms with Gasteiger partial charge in [0.2, 0.25) is 0 Å². The highest BCUT2D eigenvalue weighted by Crippen LogP contribution is 2.32. The minimum absolute atomic E-state index is 0.219. The van der Waals surface area contributed by atoms with Crippen molar-refractivity contribution in [2.75, 3.05) is 13.2 Å². The predicted octanol–water partition coefficient (Wildman–Crippen LogP) is 2.75. The van der Waals surface area contributed by atoms with E-state index in [4.69, 9.17) is 15.7 Å². The zero-order valence-electron chi connectivity index (χ0n) is 11.1. The van der Waals surface area contributed by atoms with Crippen molar-refractivity contribution in [2.24, 2.45) is 22.2 Å². The van der Waals surface area contributed by atoms with E-state index >= 15 is 0 Å². The molecule has 4 heteroatoms. The van der Waals surface area contributed by atoms with Crippen molar-refractivity contribution >= 4 is 5.84 Å². The Balaban J connectivity index is 1.95. The Morgan fingerprint density at radius 3 is 2.65 bits per heavy atom. The highest BCUT2D eigenvalue weighted by molar-refractivity contribution is 5.85. The lowest BCUT2D eigenvalue weighted by Crippen LogP contribution is -2.31. The summed E-state index contributed by atoms with van der Waals surface area (Å²) in [6.07, 6.45) is 7.05. The fourth-order valence-electron chi connectivity index (χ4n) is 1.79. The Morgan fingerprint density at radius 2 is 2.06 bits per heavy atom. The van der Waals surface area contributed by atoms with Crippen LogP contribution >= 0.6 is 0 Å². The van der Waals surface area contributed by atoms with E-state index in [1.54, 1.807) is 0 Å². The second-order valence-electron chi connectivity index (χ2n) is 5.67. The van der Waals surface area contributed by atoms with E-state index in [1.165, 1.54) is 19.3 Å². The highest BCUT2D eigenvalue weighted by atomic mass is 16.5. The maximum Gasteiger partial charge on any atom is 0.144 e. The topological polar surface area (TPSA) is 67.8 Å². The average molecular weight is 242 g/mol. The van der Waals surface area contributed by atoms with Gasteiger partial charge < -0.3 is 15.7 Å². The summed E-state index contributed by atoms with van der Waals surface area (Å²) in [5.41, 5.74) is 5.40. The van der Waals surface area contributed by atoms with Gasteiger partial charge in [0.15, 0.2) is 0 Å². The van der Waals surface area contributed by atoms with E-state index < -0.39 is 0 Å². The molecule has 0 aromatic heterocycles. The molecule has 1 aliphatic carbocycles. The minimum atomic E-state index is -0.219. The smallest absolute Gasteiger partial charge is 0.144 e. The molecule has 0 aliphatic heterocycles. The minimum Gasteiger partial charge on any atom is -0.409 e. The summed E-state index contributed by atoms with van der Waals surface area (Å²) in [5, 5.41) is 11.7. The second-order valence-corrected chi connectivity index (χ2v) is 5.67. The number of nitrogens with two attached hydrogens (primary N) is 1. The summed E-state index contributed by atoms with van der Waals surface area (Å²) < 4.78 is 5.58. The van der Waals surface area contributed by atoms with Crippen LogP contribution in [0.2, 0.25) is 0 Å². The number of nitrogens with zero attached hydrogens (tertiary/aromatic N) is 1. The van der Waals surface area contributed by atoms with Crippen molar-refractivity contribution in [3.8, 4) is 0 Å². The molecule has 1 saturated carbocycles. The summed E-state index contributed by atoms with van der Waals surface area (Å²) in [5.74, 6) is 1.27. The number of hydrogen-bond acceptors (Lipinski definition) is 3. The normalized spacial score (nSPS) is 17.4. The van der Waals surface area contributed by atoms with E-state index in [-0.39, 0.29) is 5.41 Å². The molecule has 4 nitrogen and oxygen atoms in total. The van der Waals surface area contributed by atoms with Crippen LogP contribution in [0.3, 0.4) is 0 Å². The van der Waals surface area contributed by atoms with Crippen molar-refractivity contribution in [1.82, 2.24) is 0 Å². The van der Waals surface area contributed by atoms with Gasteiger partial charge in [0.1, 0.15) is 5.84 Å². The molecule has 100 valence electrons. The van der Waals surface area contributed by atoms with Gasteiger partial charge in [-0.2, -0.15) is 0 Å². The van der Waals surface area contributed by atoms with Gasteiger partial charge in [0.05, 0.1) is 0 Å². The molecular formula is C13H26N2O2. The number of unbranched alkanes of at least 4 members (excludes halogenated alkanes) is 1. The maximum absolute atomic E-state index is 8.64. The number of hydrogen-bond donors (Lipinski definition) is 2. The molecule has 1 rings (SSSR count). The van der Waals surface area contributed by atoms with Crippen LogP contribution in [0.15, 0.2) is 5.16 Å². The Hall–Kier alpha value is -0.770. The monoisotopic (exact) mass is 242 g/mol. The number of oxime groups is 1. The molecule has 0 aromatic rings. The maximum atomic E-state index is 8.64. The summed E-state index contributed by atoms with van der Waals surface area (Å²) >= 11 is 0. The molecular weight excluding hydrogens is 216 g/mol. The van der Waals surface area contributed by atoms with Crippen LogP contribution in [-0.2, 0) is 4.74 Å². The predicted molar refractivity (Wildman–Crippen MR) is 69.2 cm³/mol. The first-order chi connectivity index (χ1) is 8.06. The van der Waals surface area contributed by atoms with E-state index in [1.807, 2.05) is 13.8 Å². The van der Waals surface area contributed by atoms with E-state index in [0.717, 1.165) is 38.4 Å². The van der Waals surface area contributed by atoms with Gasteiger partial charge in [0, 0.05) is 18.6 Å². The van der Waals surface area contributed by atoms with Crippen LogP contribution in [0, 0.1) is 11.3 Å². The molecule has 0 heterocycles. The van der Waals surface area contributed by atoms with Crippen LogP contribution < -0.4 is 5.73 Å². The van der Waals surface area contributed by atoms with Crippen LogP contribution in [0.25, 0.3) is 0 Å². The van der Waals surface area contributed by atoms with Gasteiger partial charge in [-0.1, -0.05) is 38.3 Å². The molecule has 0 aromatic carbocycles.